The van der Waals surface area contributed by atoms with Gasteiger partial charge in [-0.1, -0.05) is 42.5 Å². The number of Topliss-reactive ketones (excluding diaryl/α,β-unsaturated/α-hetero) is 1. The molecule has 1 saturated heterocycles. The van der Waals surface area contributed by atoms with Gasteiger partial charge in [0.25, 0.3) is 5.78 Å². The number of aliphatic hydroxyl groups is 1. The highest BCUT2D eigenvalue weighted by atomic mass is 32.1. The number of aromatic nitrogens is 1. The van der Waals surface area contributed by atoms with Crippen LogP contribution in [-0.4, -0.2) is 48.6 Å². The van der Waals surface area contributed by atoms with Gasteiger partial charge in [0.15, 0.2) is 5.13 Å². The Morgan fingerprint density at radius 1 is 1.11 bits per heavy atom. The number of methoxy groups -OCH3 is 2. The van der Waals surface area contributed by atoms with Crippen LogP contribution in [0.2, 0.25) is 0 Å². The molecule has 1 fully saturated rings. The number of hydrogen-bond donors (Lipinski definition) is 1. The van der Waals surface area contributed by atoms with Crippen molar-refractivity contribution < 1.29 is 33.7 Å². The van der Waals surface area contributed by atoms with Gasteiger partial charge in [-0.05, 0) is 43.2 Å². The number of ether oxygens (including phenoxy) is 3. The lowest BCUT2D eigenvalue weighted by molar-refractivity contribution is -0.132. The Balaban J connectivity index is 1.91. The van der Waals surface area contributed by atoms with Gasteiger partial charge in [0.1, 0.15) is 22.1 Å². The van der Waals surface area contributed by atoms with Crippen LogP contribution >= 0.6 is 11.3 Å². The molecule has 0 spiro atoms. The van der Waals surface area contributed by atoms with E-state index >= 15 is 0 Å². The molecule has 9 nitrogen and oxygen atoms in total. The number of anilines is 1. The fourth-order valence-corrected chi connectivity index (χ4v) is 5.04. The number of aryl methyl sites for hydroxylation is 1. The molecular weight excluding hydrogens is 496 g/mol. The number of carbonyl (C=O) groups is 3. The van der Waals surface area contributed by atoms with E-state index in [-0.39, 0.29) is 21.3 Å². The summed E-state index contributed by atoms with van der Waals surface area (Å²) in [4.78, 5) is 44.8. The number of rotatable bonds is 8. The third-order valence-corrected chi connectivity index (χ3v) is 6.93. The van der Waals surface area contributed by atoms with Gasteiger partial charge < -0.3 is 19.3 Å². The fourth-order valence-electron chi connectivity index (χ4n) is 4.03. The Kier molecular flexibility index (Phi) is 7.58. The largest absolute Gasteiger partial charge is 0.507 e. The molecule has 1 aliphatic heterocycles. The van der Waals surface area contributed by atoms with E-state index in [1.807, 2.05) is 6.92 Å². The van der Waals surface area contributed by atoms with Gasteiger partial charge in [0, 0.05) is 5.56 Å². The first-order valence-corrected chi connectivity index (χ1v) is 12.4. The van der Waals surface area contributed by atoms with Crippen LogP contribution in [0.1, 0.15) is 45.9 Å². The summed E-state index contributed by atoms with van der Waals surface area (Å²) in [5.74, 6) is -1.67. The van der Waals surface area contributed by atoms with Crippen LogP contribution in [0.3, 0.4) is 0 Å². The van der Waals surface area contributed by atoms with E-state index in [0.29, 0.717) is 34.9 Å². The summed E-state index contributed by atoms with van der Waals surface area (Å²) in [6, 6.07) is 12.5. The normalized spacial score (nSPS) is 16.6. The number of amides is 1. The molecule has 0 saturated carbocycles. The molecule has 1 unspecified atom stereocenters. The second kappa shape index (κ2) is 10.8. The minimum atomic E-state index is -1.02. The molecule has 0 radical (unpaired) electrons. The van der Waals surface area contributed by atoms with Crippen molar-refractivity contribution in [1.82, 2.24) is 4.98 Å². The van der Waals surface area contributed by atoms with Crippen LogP contribution in [-0.2, 0) is 14.3 Å². The molecule has 2 aromatic carbocycles. The molecule has 3 aromatic rings. The Labute approximate surface area is 217 Å². The van der Waals surface area contributed by atoms with Crippen molar-refractivity contribution in [2.75, 3.05) is 25.7 Å². The predicted octanol–water partition coefficient (Wildman–Crippen LogP) is 4.66. The standard InChI is InChI=1S/C27H26N2O7S/c1-5-12-36-19-11-7-9-17(14-19)22(30)20-21(16-8-6-10-18(13-16)34-3)29(25(32)23(20)31)27-28-15(2)24(37-27)26(33)35-4/h6-11,13-14,21,30H,5,12H2,1-4H3/b22-20+. The van der Waals surface area contributed by atoms with Crippen molar-refractivity contribution in [2.24, 2.45) is 0 Å². The lowest BCUT2D eigenvalue weighted by atomic mass is 9.95. The Morgan fingerprint density at radius 2 is 1.84 bits per heavy atom. The van der Waals surface area contributed by atoms with Gasteiger partial charge in [-0.25, -0.2) is 9.78 Å². The van der Waals surface area contributed by atoms with Crippen LogP contribution in [0.4, 0.5) is 5.13 Å². The molecule has 0 aliphatic carbocycles. The topological polar surface area (TPSA) is 115 Å². The summed E-state index contributed by atoms with van der Waals surface area (Å²) >= 11 is 0.936. The average Bonchev–Trinajstić information content (AvgIpc) is 3.43. The summed E-state index contributed by atoms with van der Waals surface area (Å²) < 4.78 is 15.8. The van der Waals surface area contributed by atoms with Crippen molar-refractivity contribution in [2.45, 2.75) is 26.3 Å². The van der Waals surface area contributed by atoms with Crippen LogP contribution < -0.4 is 14.4 Å². The lowest BCUT2D eigenvalue weighted by Gasteiger charge is -2.23. The maximum atomic E-state index is 13.4. The van der Waals surface area contributed by atoms with Crippen molar-refractivity contribution >= 4 is 39.9 Å². The van der Waals surface area contributed by atoms with Crippen molar-refractivity contribution in [3.63, 3.8) is 0 Å². The van der Waals surface area contributed by atoms with Gasteiger partial charge in [-0.3, -0.25) is 14.5 Å². The first-order chi connectivity index (χ1) is 17.8. The Morgan fingerprint density at radius 3 is 2.54 bits per heavy atom. The van der Waals surface area contributed by atoms with E-state index in [1.54, 1.807) is 55.5 Å². The third-order valence-electron chi connectivity index (χ3n) is 5.80. The highest BCUT2D eigenvalue weighted by molar-refractivity contribution is 7.17. The zero-order chi connectivity index (χ0) is 26.7. The predicted molar refractivity (Wildman–Crippen MR) is 138 cm³/mol. The number of hydrogen-bond acceptors (Lipinski definition) is 9. The molecule has 1 amide bonds. The van der Waals surface area contributed by atoms with Crippen LogP contribution in [0, 0.1) is 6.92 Å². The van der Waals surface area contributed by atoms with Crippen molar-refractivity contribution in [1.29, 1.82) is 0 Å². The van der Waals surface area contributed by atoms with Crippen molar-refractivity contribution in [3.05, 3.63) is 75.8 Å². The number of ketones is 1. The van der Waals surface area contributed by atoms with E-state index in [1.165, 1.54) is 19.1 Å². The summed E-state index contributed by atoms with van der Waals surface area (Å²) in [5.41, 5.74) is 1.09. The molecular formula is C27H26N2O7S. The quantitative estimate of drug-likeness (QED) is 0.197. The Bertz CT molecular complexity index is 1390. The second-order valence-corrected chi connectivity index (χ2v) is 9.20. The number of esters is 1. The van der Waals surface area contributed by atoms with E-state index in [0.717, 1.165) is 17.8 Å². The van der Waals surface area contributed by atoms with Gasteiger partial charge in [-0.2, -0.15) is 0 Å². The minimum Gasteiger partial charge on any atom is -0.507 e. The van der Waals surface area contributed by atoms with E-state index < -0.39 is 23.7 Å². The maximum Gasteiger partial charge on any atom is 0.350 e. The van der Waals surface area contributed by atoms with E-state index in [2.05, 4.69) is 4.98 Å². The molecule has 1 atom stereocenters. The molecule has 37 heavy (non-hydrogen) atoms. The monoisotopic (exact) mass is 522 g/mol. The van der Waals surface area contributed by atoms with Crippen LogP contribution in [0.25, 0.3) is 5.76 Å². The SMILES string of the molecule is CCCOc1cccc(/C(O)=C2\C(=O)C(=O)N(c3nc(C)c(C(=O)OC)s3)C2c2cccc(OC)c2)c1. The first kappa shape index (κ1) is 25.9. The second-order valence-electron chi connectivity index (χ2n) is 8.22. The first-order valence-electron chi connectivity index (χ1n) is 11.5. The van der Waals surface area contributed by atoms with Gasteiger partial charge in [0.05, 0.1) is 38.1 Å². The summed E-state index contributed by atoms with van der Waals surface area (Å²) in [6.07, 6.45) is 0.804. The summed E-state index contributed by atoms with van der Waals surface area (Å²) in [7, 11) is 2.76. The Hall–Kier alpha value is -4.18. The molecule has 10 heteroatoms. The van der Waals surface area contributed by atoms with Crippen molar-refractivity contribution in [3.8, 4) is 11.5 Å². The van der Waals surface area contributed by atoms with Gasteiger partial charge in [0.2, 0.25) is 0 Å². The highest BCUT2D eigenvalue weighted by Gasteiger charge is 2.48. The minimum absolute atomic E-state index is 0.113. The van der Waals surface area contributed by atoms with Crippen LogP contribution in [0.15, 0.2) is 54.1 Å². The zero-order valence-electron chi connectivity index (χ0n) is 20.8. The van der Waals surface area contributed by atoms with Gasteiger partial charge >= 0.3 is 11.9 Å². The molecule has 1 aromatic heterocycles. The molecule has 0 bridgehead atoms. The lowest BCUT2D eigenvalue weighted by Crippen LogP contribution is -2.29. The highest BCUT2D eigenvalue weighted by Crippen LogP contribution is 2.44. The molecule has 4 rings (SSSR count). The summed E-state index contributed by atoms with van der Waals surface area (Å²) in [6.45, 7) is 4.08. The smallest absolute Gasteiger partial charge is 0.350 e. The number of thiazole rings is 1. The maximum absolute atomic E-state index is 13.4. The van der Waals surface area contributed by atoms with E-state index in [4.69, 9.17) is 14.2 Å². The van der Waals surface area contributed by atoms with E-state index in [9.17, 15) is 19.5 Å². The molecule has 1 aliphatic rings. The van der Waals surface area contributed by atoms with Crippen LogP contribution in [0.5, 0.6) is 11.5 Å². The molecule has 192 valence electrons. The number of benzene rings is 2. The summed E-state index contributed by atoms with van der Waals surface area (Å²) in [5, 5.41) is 11.5. The number of aliphatic hydroxyl groups excluding tert-OH is 1. The molecule has 2 heterocycles. The fraction of sp³-hybridized carbons (Fsp3) is 0.259. The zero-order valence-corrected chi connectivity index (χ0v) is 21.6. The van der Waals surface area contributed by atoms with Gasteiger partial charge in [-0.15, -0.1) is 0 Å². The third kappa shape index (κ3) is 4.92. The number of nitrogens with zero attached hydrogens (tertiary/aromatic N) is 2. The average molecular weight is 523 g/mol. The number of carbonyl (C=O) groups excluding carboxylic acids is 3. The molecule has 1 N–H and O–H groups in total.